The minimum atomic E-state index is -3.88. The van der Waals surface area contributed by atoms with Crippen molar-refractivity contribution >= 4 is 20.0 Å². The second-order valence-electron chi connectivity index (χ2n) is 9.35. The molecule has 0 atom stereocenters. The summed E-state index contributed by atoms with van der Waals surface area (Å²) < 4.78 is 61.0. The summed E-state index contributed by atoms with van der Waals surface area (Å²) in [5.74, 6) is 0.884. The van der Waals surface area contributed by atoms with Crippen LogP contribution in [0.1, 0.15) is 51.2 Å². The van der Waals surface area contributed by atoms with Gasteiger partial charge in [0.2, 0.25) is 20.0 Å². The number of hydrogen-bond donors (Lipinski definition) is 0. The molecule has 198 valence electrons. The van der Waals surface area contributed by atoms with Crippen LogP contribution in [0.3, 0.4) is 0 Å². The molecule has 2 saturated heterocycles. The van der Waals surface area contributed by atoms with Crippen LogP contribution in [0.25, 0.3) is 0 Å². The Morgan fingerprint density at radius 2 is 1.27 bits per heavy atom. The van der Waals surface area contributed by atoms with Crippen molar-refractivity contribution in [3.63, 3.8) is 0 Å². The average molecular weight is 545 g/mol. The molecule has 2 aromatic rings. The molecule has 9 nitrogen and oxygen atoms in total. The summed E-state index contributed by atoms with van der Waals surface area (Å²) in [4.78, 5) is 0.149. The predicted molar refractivity (Wildman–Crippen MR) is 138 cm³/mol. The zero-order valence-electron chi connectivity index (χ0n) is 21.3. The second kappa shape index (κ2) is 11.7. The van der Waals surface area contributed by atoms with Crippen LogP contribution in [0.2, 0.25) is 0 Å². The summed E-state index contributed by atoms with van der Waals surface area (Å²) in [7, 11) is -7.66. The van der Waals surface area contributed by atoms with Gasteiger partial charge < -0.3 is 4.74 Å². The first-order chi connectivity index (χ1) is 17.5. The van der Waals surface area contributed by atoms with Crippen molar-refractivity contribution in [3.8, 4) is 12.1 Å². The van der Waals surface area contributed by atoms with Gasteiger partial charge in [0.1, 0.15) is 5.72 Å². The number of sulfonamides is 2. The van der Waals surface area contributed by atoms with Crippen molar-refractivity contribution in [2.45, 2.75) is 55.5 Å². The Balaban J connectivity index is 0.000000695. The van der Waals surface area contributed by atoms with Crippen LogP contribution < -0.4 is 0 Å². The monoisotopic (exact) mass is 544 g/mol. The van der Waals surface area contributed by atoms with Crippen LogP contribution in [0.15, 0.2) is 58.3 Å². The van der Waals surface area contributed by atoms with E-state index in [1.807, 2.05) is 12.1 Å². The van der Waals surface area contributed by atoms with E-state index in [1.54, 1.807) is 0 Å². The van der Waals surface area contributed by atoms with E-state index < -0.39 is 25.8 Å². The number of piperidine rings is 1. The Morgan fingerprint density at radius 3 is 1.68 bits per heavy atom. The summed E-state index contributed by atoms with van der Waals surface area (Å²) in [6.07, 6.45) is 1.69. The number of rotatable bonds is 5. The lowest BCUT2D eigenvalue weighted by atomic mass is 10.0. The van der Waals surface area contributed by atoms with E-state index in [1.165, 1.54) is 63.6 Å². The third kappa shape index (κ3) is 6.20. The van der Waals surface area contributed by atoms with Crippen molar-refractivity contribution in [3.05, 3.63) is 59.7 Å². The van der Waals surface area contributed by atoms with Crippen molar-refractivity contribution < 1.29 is 21.6 Å². The van der Waals surface area contributed by atoms with Crippen molar-refractivity contribution in [1.29, 1.82) is 10.5 Å². The SMILES string of the molecule is CCC(C)C.N#Cc1ccc(S(=O)(=O)N2CCC3(CC2)OCCN3S(=O)(=O)c2ccc(C#N)cc2)cc1. The van der Waals surface area contributed by atoms with Crippen LogP contribution in [-0.4, -0.2) is 57.4 Å². The topological polar surface area (TPSA) is 132 Å². The Bertz CT molecular complexity index is 1370. The number of benzene rings is 2. The molecule has 0 saturated carbocycles. The standard InChI is InChI=1S/C21H20N4O5S2.C5H12/c22-15-17-1-5-19(6-2-17)31(26,27)24-11-9-21(10-12-24)25(13-14-30-21)32(28,29)20-7-3-18(16-23)4-8-20;1-4-5(2)3/h1-8H,9-14H2;5H,4H2,1-3H3. The van der Waals surface area contributed by atoms with E-state index in [4.69, 9.17) is 15.3 Å². The maximum absolute atomic E-state index is 13.3. The third-order valence-corrected chi connectivity index (χ3v) is 10.5. The molecule has 37 heavy (non-hydrogen) atoms. The summed E-state index contributed by atoms with van der Waals surface area (Å²) in [6.45, 7) is 7.23. The smallest absolute Gasteiger partial charge is 0.245 e. The lowest BCUT2D eigenvalue weighted by Crippen LogP contribution is -2.55. The van der Waals surface area contributed by atoms with E-state index in [0.717, 1.165) is 5.92 Å². The Labute approximate surface area is 220 Å². The summed E-state index contributed by atoms with van der Waals surface area (Å²) in [5.41, 5.74) is -0.383. The fraction of sp³-hybridized carbons (Fsp3) is 0.462. The first-order valence-electron chi connectivity index (χ1n) is 12.2. The highest BCUT2D eigenvalue weighted by molar-refractivity contribution is 7.89. The predicted octanol–water partition coefficient (Wildman–Crippen LogP) is 3.68. The van der Waals surface area contributed by atoms with Gasteiger partial charge in [0.05, 0.1) is 39.7 Å². The molecule has 2 heterocycles. The maximum atomic E-state index is 13.3. The molecule has 0 radical (unpaired) electrons. The van der Waals surface area contributed by atoms with Crippen molar-refractivity contribution in [1.82, 2.24) is 8.61 Å². The minimum Gasteiger partial charge on any atom is -0.358 e. The highest BCUT2D eigenvalue weighted by Crippen LogP contribution is 2.39. The second-order valence-corrected chi connectivity index (χ2v) is 13.2. The highest BCUT2D eigenvalue weighted by atomic mass is 32.2. The van der Waals surface area contributed by atoms with Crippen molar-refractivity contribution in [2.75, 3.05) is 26.2 Å². The molecule has 2 aliphatic heterocycles. The number of nitrogens with zero attached hydrogens (tertiary/aromatic N) is 4. The first-order valence-corrected chi connectivity index (χ1v) is 15.1. The van der Waals surface area contributed by atoms with E-state index in [2.05, 4.69) is 20.8 Å². The molecule has 0 bridgehead atoms. The molecule has 0 aromatic heterocycles. The third-order valence-electron chi connectivity index (χ3n) is 6.63. The molecular weight excluding hydrogens is 512 g/mol. The highest BCUT2D eigenvalue weighted by Gasteiger charge is 2.51. The van der Waals surface area contributed by atoms with Gasteiger partial charge in [-0.25, -0.2) is 16.8 Å². The molecule has 2 fully saturated rings. The molecule has 2 aromatic carbocycles. The van der Waals surface area contributed by atoms with Crippen LogP contribution in [0.5, 0.6) is 0 Å². The fourth-order valence-electron chi connectivity index (χ4n) is 4.08. The molecule has 0 amide bonds. The van der Waals surface area contributed by atoms with Crippen LogP contribution in [0, 0.1) is 28.6 Å². The van der Waals surface area contributed by atoms with E-state index >= 15 is 0 Å². The molecule has 1 spiro atoms. The lowest BCUT2D eigenvalue weighted by molar-refractivity contribution is -0.0806. The summed E-state index contributed by atoms with van der Waals surface area (Å²) >= 11 is 0. The van der Waals surface area contributed by atoms with E-state index in [0.29, 0.717) is 11.1 Å². The van der Waals surface area contributed by atoms with Crippen LogP contribution in [0.4, 0.5) is 0 Å². The normalized spacial score (nSPS) is 18.1. The van der Waals surface area contributed by atoms with Gasteiger partial charge in [0.15, 0.2) is 0 Å². The number of ether oxygens (including phenoxy) is 1. The lowest BCUT2D eigenvalue weighted by Gasteiger charge is -2.42. The van der Waals surface area contributed by atoms with Gasteiger partial charge in [-0.15, -0.1) is 0 Å². The van der Waals surface area contributed by atoms with E-state index in [-0.39, 0.29) is 48.9 Å². The summed E-state index contributed by atoms with van der Waals surface area (Å²) in [5, 5.41) is 17.8. The van der Waals surface area contributed by atoms with Crippen molar-refractivity contribution in [2.24, 2.45) is 5.92 Å². The maximum Gasteiger partial charge on any atom is 0.245 e. The number of nitriles is 2. The van der Waals surface area contributed by atoms with Gasteiger partial charge in [0.25, 0.3) is 0 Å². The quantitative estimate of drug-likeness (QED) is 0.561. The average Bonchev–Trinajstić information content (AvgIpc) is 3.32. The molecule has 0 unspecified atom stereocenters. The van der Waals surface area contributed by atoms with Gasteiger partial charge in [-0.3, -0.25) is 0 Å². The molecule has 4 rings (SSSR count). The summed E-state index contributed by atoms with van der Waals surface area (Å²) in [6, 6.07) is 15.3. The number of hydrogen-bond acceptors (Lipinski definition) is 7. The van der Waals surface area contributed by atoms with Gasteiger partial charge in [-0.05, 0) is 54.4 Å². The zero-order chi connectivity index (χ0) is 27.3. The molecular formula is C26H32N4O5S2. The zero-order valence-corrected chi connectivity index (χ0v) is 22.9. The Kier molecular flexibility index (Phi) is 9.11. The Morgan fingerprint density at radius 1 is 0.838 bits per heavy atom. The van der Waals surface area contributed by atoms with Gasteiger partial charge in [-0.1, -0.05) is 27.2 Å². The molecule has 0 N–H and O–H groups in total. The van der Waals surface area contributed by atoms with Crippen LogP contribution >= 0.6 is 0 Å². The minimum absolute atomic E-state index is 0.0639. The first kappa shape index (κ1) is 28.8. The Hall–Kier alpha value is -2.80. The van der Waals surface area contributed by atoms with Gasteiger partial charge >= 0.3 is 0 Å². The molecule has 11 heteroatoms. The van der Waals surface area contributed by atoms with Gasteiger partial charge in [0, 0.05) is 32.5 Å². The fourth-order valence-corrected chi connectivity index (χ4v) is 7.25. The molecule has 2 aliphatic rings. The molecule has 0 aliphatic carbocycles. The van der Waals surface area contributed by atoms with Crippen LogP contribution in [-0.2, 0) is 24.8 Å². The largest absolute Gasteiger partial charge is 0.358 e. The van der Waals surface area contributed by atoms with E-state index in [9.17, 15) is 16.8 Å². The van der Waals surface area contributed by atoms with Gasteiger partial charge in [-0.2, -0.15) is 19.1 Å².